The maximum atomic E-state index is 12.6. The fraction of sp³-hybridized carbons (Fsp3) is 0.217. The molecule has 0 bridgehead atoms. The predicted octanol–water partition coefficient (Wildman–Crippen LogP) is 2.69. The zero-order chi connectivity index (χ0) is 24.1. The monoisotopic (exact) mass is 527 g/mol. The molecule has 3 N–H and O–H groups in total. The third-order valence-electron chi connectivity index (χ3n) is 4.94. The summed E-state index contributed by atoms with van der Waals surface area (Å²) in [7, 11) is 1.34. The van der Waals surface area contributed by atoms with Crippen molar-refractivity contribution in [3.05, 3.63) is 74.6 Å². The van der Waals surface area contributed by atoms with E-state index in [1.165, 1.54) is 11.7 Å². The predicted molar refractivity (Wildman–Crippen MR) is 129 cm³/mol. The van der Waals surface area contributed by atoms with Gasteiger partial charge in [-0.2, -0.15) is 9.97 Å². The number of nitrogens with one attached hydrogen (secondary N) is 1. The van der Waals surface area contributed by atoms with Gasteiger partial charge >= 0.3 is 17.7 Å². The Bertz CT molecular complexity index is 1370. The number of benzene rings is 2. The number of carbonyl (C=O) groups excluding carboxylic acids is 1. The molecule has 0 aliphatic carbocycles. The van der Waals surface area contributed by atoms with Crippen molar-refractivity contribution >= 4 is 38.9 Å². The second-order valence-corrected chi connectivity index (χ2v) is 8.25. The molecule has 11 heteroatoms. The molecule has 4 rings (SSSR count). The van der Waals surface area contributed by atoms with E-state index in [4.69, 9.17) is 19.9 Å². The third kappa shape index (κ3) is 5.54. The Kier molecular flexibility index (Phi) is 7.12. The van der Waals surface area contributed by atoms with Gasteiger partial charge in [-0.25, -0.2) is 4.79 Å². The van der Waals surface area contributed by atoms with Crippen LogP contribution in [0.2, 0.25) is 0 Å². The van der Waals surface area contributed by atoms with Crippen molar-refractivity contribution in [2.75, 3.05) is 26.1 Å². The molecule has 0 fully saturated rings. The maximum absolute atomic E-state index is 12.6. The SMILES string of the molecule is COC(=O)Cc1cccc(Cn2c(=O)[nH]c3c(N)nc(OCCOc4ccc(Br)cc4)nc32)c1. The van der Waals surface area contributed by atoms with Crippen LogP contribution in [0, 0.1) is 0 Å². The largest absolute Gasteiger partial charge is 0.490 e. The van der Waals surface area contributed by atoms with Crippen LogP contribution in [0.4, 0.5) is 5.82 Å². The van der Waals surface area contributed by atoms with Gasteiger partial charge in [-0.15, -0.1) is 0 Å². The van der Waals surface area contributed by atoms with Crippen molar-refractivity contribution in [2.45, 2.75) is 13.0 Å². The van der Waals surface area contributed by atoms with Crippen molar-refractivity contribution in [1.29, 1.82) is 0 Å². The third-order valence-corrected chi connectivity index (χ3v) is 5.46. The van der Waals surface area contributed by atoms with E-state index >= 15 is 0 Å². The summed E-state index contributed by atoms with van der Waals surface area (Å²) in [5.74, 6) is 0.466. The minimum Gasteiger partial charge on any atom is -0.490 e. The van der Waals surface area contributed by atoms with Crippen molar-refractivity contribution in [2.24, 2.45) is 0 Å². The molecule has 0 radical (unpaired) electrons. The molecule has 0 spiro atoms. The average molecular weight is 528 g/mol. The minimum atomic E-state index is -0.384. The fourth-order valence-corrected chi connectivity index (χ4v) is 3.59. The van der Waals surface area contributed by atoms with Gasteiger partial charge in [-0.1, -0.05) is 40.2 Å². The Morgan fingerprint density at radius 3 is 2.59 bits per heavy atom. The second-order valence-electron chi connectivity index (χ2n) is 7.33. The number of nitrogen functional groups attached to an aromatic ring is 1. The van der Waals surface area contributed by atoms with Crippen molar-refractivity contribution in [3.63, 3.8) is 0 Å². The summed E-state index contributed by atoms with van der Waals surface area (Å²) in [6.07, 6.45) is 0.141. The highest BCUT2D eigenvalue weighted by molar-refractivity contribution is 9.10. The summed E-state index contributed by atoms with van der Waals surface area (Å²) in [5, 5.41) is 0. The van der Waals surface area contributed by atoms with Crippen LogP contribution in [0.1, 0.15) is 11.1 Å². The number of imidazole rings is 1. The molecule has 34 heavy (non-hydrogen) atoms. The smallest absolute Gasteiger partial charge is 0.328 e. The van der Waals surface area contributed by atoms with E-state index in [-0.39, 0.29) is 49.7 Å². The van der Waals surface area contributed by atoms with Gasteiger partial charge in [0.05, 0.1) is 20.1 Å². The molecule has 0 saturated carbocycles. The maximum Gasteiger partial charge on any atom is 0.328 e. The molecule has 0 unspecified atom stereocenters. The number of H-pyrrole nitrogens is 1. The molecule has 0 atom stereocenters. The Morgan fingerprint density at radius 2 is 1.82 bits per heavy atom. The normalized spacial score (nSPS) is 10.9. The molecule has 4 aromatic rings. The molecule has 0 saturated heterocycles. The summed E-state index contributed by atoms with van der Waals surface area (Å²) >= 11 is 3.37. The lowest BCUT2D eigenvalue weighted by molar-refractivity contribution is -0.139. The van der Waals surface area contributed by atoms with Gasteiger partial charge in [0.25, 0.3) is 0 Å². The molecular weight excluding hydrogens is 506 g/mol. The highest BCUT2D eigenvalue weighted by Gasteiger charge is 2.15. The number of ether oxygens (including phenoxy) is 3. The zero-order valence-electron chi connectivity index (χ0n) is 18.3. The first kappa shape index (κ1) is 23.3. The van der Waals surface area contributed by atoms with Crippen LogP contribution < -0.4 is 20.9 Å². The quantitative estimate of drug-likeness (QED) is 0.250. The van der Waals surface area contributed by atoms with Crippen LogP contribution in [-0.4, -0.2) is 45.8 Å². The van der Waals surface area contributed by atoms with Gasteiger partial charge < -0.3 is 24.9 Å². The molecule has 10 nitrogen and oxygen atoms in total. The van der Waals surface area contributed by atoms with E-state index in [9.17, 15) is 9.59 Å². The number of hydrogen-bond donors (Lipinski definition) is 2. The number of aromatic nitrogens is 4. The first-order valence-corrected chi connectivity index (χ1v) is 11.1. The lowest BCUT2D eigenvalue weighted by Crippen LogP contribution is -2.18. The van der Waals surface area contributed by atoms with Crippen LogP contribution >= 0.6 is 15.9 Å². The number of nitrogens with two attached hydrogens (primary N) is 1. The van der Waals surface area contributed by atoms with Crippen LogP contribution in [0.3, 0.4) is 0 Å². The van der Waals surface area contributed by atoms with E-state index < -0.39 is 0 Å². The molecule has 176 valence electrons. The minimum absolute atomic E-state index is 0.0385. The van der Waals surface area contributed by atoms with E-state index in [0.29, 0.717) is 16.9 Å². The first-order valence-electron chi connectivity index (χ1n) is 10.3. The van der Waals surface area contributed by atoms with Crippen molar-refractivity contribution in [1.82, 2.24) is 19.5 Å². The molecule has 0 aliphatic rings. The van der Waals surface area contributed by atoms with Crippen LogP contribution in [-0.2, 0) is 22.5 Å². The number of esters is 1. The number of rotatable bonds is 9. The molecule has 0 aliphatic heterocycles. The topological polar surface area (TPSA) is 134 Å². The van der Waals surface area contributed by atoms with Crippen LogP contribution in [0.15, 0.2) is 57.8 Å². The Morgan fingerprint density at radius 1 is 1.09 bits per heavy atom. The second kappa shape index (κ2) is 10.4. The first-order chi connectivity index (χ1) is 16.4. The van der Waals surface area contributed by atoms with Gasteiger partial charge in [-0.3, -0.25) is 9.36 Å². The van der Waals surface area contributed by atoms with Gasteiger partial charge in [0, 0.05) is 4.47 Å². The number of fused-ring (bicyclic) bond motifs is 1. The number of anilines is 1. The lowest BCUT2D eigenvalue weighted by atomic mass is 10.1. The van der Waals surface area contributed by atoms with Gasteiger partial charge in [-0.05, 0) is 35.4 Å². The van der Waals surface area contributed by atoms with E-state index in [1.807, 2.05) is 48.5 Å². The number of hydrogen-bond acceptors (Lipinski definition) is 8. The molecular formula is C23H22BrN5O5. The average Bonchev–Trinajstić information content (AvgIpc) is 3.14. The van der Waals surface area contributed by atoms with Gasteiger partial charge in [0.15, 0.2) is 11.5 Å². The van der Waals surface area contributed by atoms with E-state index in [1.54, 1.807) is 0 Å². The van der Waals surface area contributed by atoms with E-state index in [2.05, 4.69) is 30.9 Å². The molecule has 2 aromatic heterocycles. The zero-order valence-corrected chi connectivity index (χ0v) is 19.9. The number of halogens is 1. The van der Waals surface area contributed by atoms with Gasteiger partial charge in [0.2, 0.25) is 0 Å². The standard InChI is InChI=1S/C23H22BrN5O5/c1-32-18(30)12-14-3-2-4-15(11-14)13-29-21-19(26-23(29)31)20(25)27-22(28-21)34-10-9-33-17-7-5-16(24)6-8-17/h2-8,11H,9-10,12-13H2,1H3,(H,26,31)(H2,25,27,28). The number of aromatic amines is 1. The summed E-state index contributed by atoms with van der Waals surface area (Å²) < 4.78 is 18.4. The van der Waals surface area contributed by atoms with Gasteiger partial charge in [0.1, 0.15) is 24.5 Å². The molecule has 2 heterocycles. The van der Waals surface area contributed by atoms with Crippen LogP contribution in [0.5, 0.6) is 11.8 Å². The molecule has 0 amide bonds. The number of methoxy groups -OCH3 is 1. The summed E-state index contributed by atoms with van der Waals surface area (Å²) in [4.78, 5) is 35.4. The summed E-state index contributed by atoms with van der Waals surface area (Å²) in [6.45, 7) is 0.678. The van der Waals surface area contributed by atoms with Crippen LogP contribution in [0.25, 0.3) is 11.2 Å². The fourth-order valence-electron chi connectivity index (χ4n) is 3.32. The number of carbonyl (C=O) groups is 1. The Hall–Kier alpha value is -3.86. The lowest BCUT2D eigenvalue weighted by Gasteiger charge is -2.09. The highest BCUT2D eigenvalue weighted by Crippen LogP contribution is 2.19. The number of nitrogens with zero attached hydrogens (tertiary/aromatic N) is 3. The summed E-state index contributed by atoms with van der Waals surface area (Å²) in [6, 6.07) is 14.8. The van der Waals surface area contributed by atoms with Crippen molar-refractivity contribution < 1.29 is 19.0 Å². The Labute approximate surface area is 202 Å². The Balaban J connectivity index is 1.49. The molecule has 2 aromatic carbocycles. The summed E-state index contributed by atoms with van der Waals surface area (Å²) in [5.41, 5.74) is 7.89. The van der Waals surface area contributed by atoms with E-state index in [0.717, 1.165) is 15.6 Å². The highest BCUT2D eigenvalue weighted by atomic mass is 79.9. The van der Waals surface area contributed by atoms with Crippen molar-refractivity contribution in [3.8, 4) is 11.8 Å².